The molecule has 1 amide bonds. The second-order valence-corrected chi connectivity index (χ2v) is 6.26. The number of nitriles is 1. The van der Waals surface area contributed by atoms with Gasteiger partial charge in [-0.3, -0.25) is 4.79 Å². The second kappa shape index (κ2) is 6.15. The molecule has 0 aliphatic carbocycles. The first-order valence-corrected chi connectivity index (χ1v) is 7.79. The van der Waals surface area contributed by atoms with Gasteiger partial charge in [0.15, 0.2) is 11.5 Å². The minimum Gasteiger partial charge on any atom is -0.454 e. The van der Waals surface area contributed by atoms with E-state index >= 15 is 0 Å². The molecule has 1 N–H and O–H groups in total. The minimum absolute atomic E-state index is 0.219. The Labute approximate surface area is 137 Å². The smallest absolute Gasteiger partial charge is 0.249 e. The Kier molecular flexibility index (Phi) is 4.04. The molecule has 6 heteroatoms. The summed E-state index contributed by atoms with van der Waals surface area (Å²) in [6.45, 7) is 4.03. The van der Waals surface area contributed by atoms with E-state index in [9.17, 15) is 10.1 Å². The lowest BCUT2D eigenvalue weighted by atomic mass is 10.2. The van der Waals surface area contributed by atoms with Crippen molar-refractivity contribution < 1.29 is 14.3 Å². The summed E-state index contributed by atoms with van der Waals surface area (Å²) in [5.74, 6) is 1.10. The largest absolute Gasteiger partial charge is 0.454 e. The van der Waals surface area contributed by atoms with Crippen molar-refractivity contribution in [2.24, 2.45) is 0 Å². The highest BCUT2D eigenvalue weighted by atomic mass is 32.1. The molecule has 0 spiro atoms. The zero-order chi connectivity index (χ0) is 16.4. The van der Waals surface area contributed by atoms with E-state index in [1.54, 1.807) is 12.1 Å². The maximum absolute atomic E-state index is 12.1. The van der Waals surface area contributed by atoms with Crippen molar-refractivity contribution in [3.8, 4) is 17.6 Å². The molecule has 1 aliphatic heterocycles. The zero-order valence-electron chi connectivity index (χ0n) is 12.7. The summed E-state index contributed by atoms with van der Waals surface area (Å²) in [7, 11) is 0. The van der Waals surface area contributed by atoms with Crippen LogP contribution in [-0.2, 0) is 4.79 Å². The van der Waals surface area contributed by atoms with E-state index in [1.807, 2.05) is 26.0 Å². The van der Waals surface area contributed by atoms with Crippen LogP contribution in [0.1, 0.15) is 21.6 Å². The van der Waals surface area contributed by atoms with E-state index in [0.29, 0.717) is 22.1 Å². The molecule has 2 heterocycles. The van der Waals surface area contributed by atoms with Crippen molar-refractivity contribution in [2.75, 3.05) is 12.1 Å². The first-order valence-electron chi connectivity index (χ1n) is 6.97. The van der Waals surface area contributed by atoms with Gasteiger partial charge in [-0.25, -0.2) is 0 Å². The third kappa shape index (κ3) is 3.05. The molecule has 116 valence electrons. The number of thiophene rings is 1. The Balaban J connectivity index is 1.72. The summed E-state index contributed by atoms with van der Waals surface area (Å²) in [6, 6.07) is 7.59. The van der Waals surface area contributed by atoms with Crippen LogP contribution < -0.4 is 14.8 Å². The van der Waals surface area contributed by atoms with Gasteiger partial charge in [0.05, 0.1) is 5.56 Å². The lowest BCUT2D eigenvalue weighted by Crippen LogP contribution is -2.07. The van der Waals surface area contributed by atoms with E-state index in [2.05, 4.69) is 11.4 Å². The minimum atomic E-state index is -0.277. The van der Waals surface area contributed by atoms with Gasteiger partial charge in [0.1, 0.15) is 11.1 Å². The number of nitrogens with one attached hydrogen (secondary N) is 1. The maximum Gasteiger partial charge on any atom is 0.249 e. The second-order valence-electron chi connectivity index (χ2n) is 5.03. The molecule has 23 heavy (non-hydrogen) atoms. The first-order chi connectivity index (χ1) is 11.1. The van der Waals surface area contributed by atoms with Crippen molar-refractivity contribution >= 4 is 28.3 Å². The van der Waals surface area contributed by atoms with E-state index in [-0.39, 0.29) is 12.7 Å². The SMILES string of the molecule is Cc1sc(NC(=O)/C=C/c2ccc3c(c2)OCO3)c(C#N)c1C. The molecule has 0 bridgehead atoms. The van der Waals surface area contributed by atoms with Gasteiger partial charge in [-0.05, 0) is 43.2 Å². The van der Waals surface area contributed by atoms with Gasteiger partial charge >= 0.3 is 0 Å². The molecular weight excluding hydrogens is 312 g/mol. The van der Waals surface area contributed by atoms with E-state index < -0.39 is 0 Å². The van der Waals surface area contributed by atoms with Crippen molar-refractivity contribution in [2.45, 2.75) is 13.8 Å². The number of rotatable bonds is 3. The number of hydrogen-bond donors (Lipinski definition) is 1. The van der Waals surface area contributed by atoms with Crippen molar-refractivity contribution in [1.29, 1.82) is 5.26 Å². The topological polar surface area (TPSA) is 71.3 Å². The third-order valence-electron chi connectivity index (χ3n) is 3.56. The van der Waals surface area contributed by atoms with Crippen LogP contribution >= 0.6 is 11.3 Å². The van der Waals surface area contributed by atoms with Crippen LogP contribution in [0.4, 0.5) is 5.00 Å². The molecule has 3 rings (SSSR count). The highest BCUT2D eigenvalue weighted by Gasteiger charge is 2.14. The summed E-state index contributed by atoms with van der Waals surface area (Å²) in [4.78, 5) is 13.1. The Hall–Kier alpha value is -2.78. The van der Waals surface area contributed by atoms with Crippen LogP contribution in [0.5, 0.6) is 11.5 Å². The summed E-state index contributed by atoms with van der Waals surface area (Å²) in [5.41, 5.74) is 2.27. The predicted molar refractivity (Wildman–Crippen MR) is 88.7 cm³/mol. The summed E-state index contributed by atoms with van der Waals surface area (Å²) < 4.78 is 10.5. The van der Waals surface area contributed by atoms with Crippen LogP contribution in [0, 0.1) is 25.2 Å². The Bertz CT molecular complexity index is 846. The van der Waals surface area contributed by atoms with Crippen molar-refractivity contribution in [1.82, 2.24) is 0 Å². The third-order valence-corrected chi connectivity index (χ3v) is 4.68. The Morgan fingerprint density at radius 3 is 2.91 bits per heavy atom. The zero-order valence-corrected chi connectivity index (χ0v) is 13.5. The summed E-state index contributed by atoms with van der Waals surface area (Å²) in [5, 5.41) is 12.5. The molecule has 0 radical (unpaired) electrons. The number of carbonyl (C=O) groups is 1. The van der Waals surface area contributed by atoms with Crippen LogP contribution in [0.2, 0.25) is 0 Å². The molecular formula is C17H14N2O3S. The van der Waals surface area contributed by atoms with Crippen LogP contribution in [-0.4, -0.2) is 12.7 Å². The normalized spacial score (nSPS) is 12.4. The summed E-state index contributed by atoms with van der Waals surface area (Å²) in [6.07, 6.45) is 3.12. The number of hydrogen-bond acceptors (Lipinski definition) is 5. The van der Waals surface area contributed by atoms with Gasteiger partial charge in [-0.2, -0.15) is 5.26 Å². The number of benzene rings is 1. The number of fused-ring (bicyclic) bond motifs is 1. The number of carbonyl (C=O) groups excluding carboxylic acids is 1. The molecule has 0 saturated carbocycles. The summed E-state index contributed by atoms with van der Waals surface area (Å²) >= 11 is 1.41. The fourth-order valence-electron chi connectivity index (χ4n) is 2.19. The van der Waals surface area contributed by atoms with Crippen LogP contribution in [0.3, 0.4) is 0 Å². The molecule has 1 aliphatic rings. The molecule has 0 unspecified atom stereocenters. The van der Waals surface area contributed by atoms with E-state index in [0.717, 1.165) is 16.0 Å². The quantitative estimate of drug-likeness (QED) is 0.875. The maximum atomic E-state index is 12.1. The molecule has 5 nitrogen and oxygen atoms in total. The number of ether oxygens (including phenoxy) is 2. The Morgan fingerprint density at radius 1 is 1.35 bits per heavy atom. The molecule has 0 fully saturated rings. The van der Waals surface area contributed by atoms with Crippen molar-refractivity contribution in [3.63, 3.8) is 0 Å². The van der Waals surface area contributed by atoms with E-state index in [1.165, 1.54) is 17.4 Å². The lowest BCUT2D eigenvalue weighted by molar-refractivity contribution is -0.111. The highest BCUT2D eigenvalue weighted by Crippen LogP contribution is 2.33. The first kappa shape index (κ1) is 15.1. The standard InChI is InChI=1S/C17H14N2O3S/c1-10-11(2)23-17(13(10)8-18)19-16(20)6-4-12-3-5-14-15(7-12)22-9-21-14/h3-7H,9H2,1-2H3,(H,19,20)/b6-4+. The molecule has 1 aromatic carbocycles. The van der Waals surface area contributed by atoms with Gasteiger partial charge in [-0.1, -0.05) is 6.07 Å². The molecule has 0 saturated heterocycles. The number of aryl methyl sites for hydroxylation is 1. The average molecular weight is 326 g/mol. The van der Waals surface area contributed by atoms with Gasteiger partial charge in [0.2, 0.25) is 12.7 Å². The van der Waals surface area contributed by atoms with Crippen LogP contribution in [0.15, 0.2) is 24.3 Å². The highest BCUT2D eigenvalue weighted by molar-refractivity contribution is 7.16. The van der Waals surface area contributed by atoms with Gasteiger partial charge in [0, 0.05) is 11.0 Å². The number of amides is 1. The van der Waals surface area contributed by atoms with Crippen LogP contribution in [0.25, 0.3) is 6.08 Å². The number of anilines is 1. The fourth-order valence-corrected chi connectivity index (χ4v) is 3.21. The average Bonchev–Trinajstić information content (AvgIpc) is 3.10. The predicted octanol–water partition coefficient (Wildman–Crippen LogP) is 3.62. The molecule has 1 aromatic heterocycles. The monoisotopic (exact) mass is 326 g/mol. The van der Waals surface area contributed by atoms with Gasteiger partial charge in [-0.15, -0.1) is 11.3 Å². The van der Waals surface area contributed by atoms with Gasteiger partial charge in [0.25, 0.3) is 0 Å². The van der Waals surface area contributed by atoms with Crippen molar-refractivity contribution in [3.05, 3.63) is 45.8 Å². The molecule has 0 atom stereocenters. The number of nitrogens with zero attached hydrogens (tertiary/aromatic N) is 1. The Morgan fingerprint density at radius 2 is 2.13 bits per heavy atom. The molecule has 2 aromatic rings. The van der Waals surface area contributed by atoms with Gasteiger partial charge < -0.3 is 14.8 Å². The van der Waals surface area contributed by atoms with E-state index in [4.69, 9.17) is 9.47 Å². The lowest BCUT2D eigenvalue weighted by Gasteiger charge is -2.00. The fraction of sp³-hybridized carbons (Fsp3) is 0.176.